The van der Waals surface area contributed by atoms with E-state index >= 15 is 0 Å². The molecule has 582 valence electrons. The molecule has 0 aliphatic rings. The second kappa shape index (κ2) is 72.0. The van der Waals surface area contributed by atoms with E-state index in [1.807, 2.05) is 0 Å². The molecular weight excluding hydrogens is 1280 g/mol. The summed E-state index contributed by atoms with van der Waals surface area (Å²) in [4.78, 5) is 72.9. The molecule has 0 spiro atoms. The van der Waals surface area contributed by atoms with Gasteiger partial charge in [0.15, 0.2) is 12.2 Å². The summed E-state index contributed by atoms with van der Waals surface area (Å²) in [6.45, 7) is 7.31. The fourth-order valence-corrected chi connectivity index (χ4v) is 13.8. The topological polar surface area (TPSA) is 237 Å². The molecule has 5 atom stereocenters. The van der Waals surface area contributed by atoms with Crippen LogP contribution < -0.4 is 0 Å². The Hall–Kier alpha value is -1.94. The molecule has 19 heteroatoms. The molecule has 0 fully saturated rings. The van der Waals surface area contributed by atoms with E-state index in [0.29, 0.717) is 25.7 Å². The van der Waals surface area contributed by atoms with E-state index < -0.39 is 97.5 Å². The lowest BCUT2D eigenvalue weighted by Crippen LogP contribution is -2.30. The van der Waals surface area contributed by atoms with Gasteiger partial charge in [-0.1, -0.05) is 369 Å². The van der Waals surface area contributed by atoms with Crippen molar-refractivity contribution in [1.29, 1.82) is 0 Å². The van der Waals surface area contributed by atoms with Gasteiger partial charge in [-0.15, -0.1) is 0 Å². The summed E-state index contributed by atoms with van der Waals surface area (Å²) in [7, 11) is -9.91. The molecule has 0 bridgehead atoms. The van der Waals surface area contributed by atoms with Gasteiger partial charge in [0, 0.05) is 25.7 Å². The van der Waals surface area contributed by atoms with E-state index in [4.69, 9.17) is 37.0 Å². The highest BCUT2D eigenvalue weighted by molar-refractivity contribution is 7.47. The lowest BCUT2D eigenvalue weighted by molar-refractivity contribution is -0.161. The van der Waals surface area contributed by atoms with Crippen LogP contribution in [0, 0.1) is 5.92 Å². The predicted molar refractivity (Wildman–Crippen MR) is 400 cm³/mol. The Bertz CT molecular complexity index is 1870. The van der Waals surface area contributed by atoms with Crippen LogP contribution in [-0.2, 0) is 65.4 Å². The number of carbonyl (C=O) groups excluding carboxylic acids is 4. The van der Waals surface area contributed by atoms with E-state index in [1.54, 1.807) is 0 Å². The fraction of sp³-hybridized carbons (Fsp3) is 0.949. The van der Waals surface area contributed by atoms with Gasteiger partial charge in [0.2, 0.25) is 0 Å². The van der Waals surface area contributed by atoms with E-state index in [0.717, 1.165) is 95.8 Å². The monoisotopic (exact) mass is 1440 g/mol. The Morgan fingerprint density at radius 1 is 0.276 bits per heavy atom. The third kappa shape index (κ3) is 72.4. The Morgan fingerprint density at radius 3 is 0.694 bits per heavy atom. The van der Waals surface area contributed by atoms with E-state index in [2.05, 4.69) is 34.6 Å². The average Bonchev–Trinajstić information content (AvgIpc) is 1.31. The van der Waals surface area contributed by atoms with Crippen LogP contribution in [0.15, 0.2) is 0 Å². The lowest BCUT2D eigenvalue weighted by Gasteiger charge is -2.21. The average molecular weight is 1440 g/mol. The van der Waals surface area contributed by atoms with Crippen LogP contribution in [0.2, 0.25) is 0 Å². The van der Waals surface area contributed by atoms with Gasteiger partial charge < -0.3 is 33.8 Å². The molecule has 98 heavy (non-hydrogen) atoms. The van der Waals surface area contributed by atoms with Crippen molar-refractivity contribution in [3.63, 3.8) is 0 Å². The summed E-state index contributed by atoms with van der Waals surface area (Å²) in [5.41, 5.74) is 0. The maximum atomic E-state index is 13.1. The molecule has 2 unspecified atom stereocenters. The quantitative estimate of drug-likeness (QED) is 0.0222. The van der Waals surface area contributed by atoms with Gasteiger partial charge in [-0.3, -0.25) is 37.3 Å². The first-order valence-corrected chi connectivity index (χ1v) is 44.1. The maximum Gasteiger partial charge on any atom is 0.472 e. The number of hydrogen-bond donors (Lipinski definition) is 3. The minimum atomic E-state index is -4.96. The molecule has 0 aromatic heterocycles. The Kier molecular flexibility index (Phi) is 70.6. The zero-order valence-electron chi connectivity index (χ0n) is 63.9. The summed E-state index contributed by atoms with van der Waals surface area (Å²) in [6.07, 6.45) is 62.4. The molecule has 0 amide bonds. The van der Waals surface area contributed by atoms with Gasteiger partial charge in [-0.2, -0.15) is 0 Å². The van der Waals surface area contributed by atoms with Crippen LogP contribution in [-0.4, -0.2) is 96.7 Å². The van der Waals surface area contributed by atoms with Crippen LogP contribution >= 0.6 is 15.6 Å². The number of carbonyl (C=O) groups is 4. The van der Waals surface area contributed by atoms with Crippen molar-refractivity contribution >= 4 is 39.5 Å². The zero-order chi connectivity index (χ0) is 71.9. The minimum absolute atomic E-state index is 0.108. The van der Waals surface area contributed by atoms with Crippen molar-refractivity contribution in [3.05, 3.63) is 0 Å². The molecule has 0 heterocycles. The van der Waals surface area contributed by atoms with Crippen molar-refractivity contribution in [3.8, 4) is 0 Å². The Morgan fingerprint density at radius 2 is 0.469 bits per heavy atom. The number of unbranched alkanes of at least 4 members (excludes halogenated alkanes) is 51. The van der Waals surface area contributed by atoms with Crippen LogP contribution in [0.3, 0.4) is 0 Å². The van der Waals surface area contributed by atoms with Crippen LogP contribution in [0.1, 0.15) is 420 Å². The number of hydrogen-bond acceptors (Lipinski definition) is 15. The van der Waals surface area contributed by atoms with Crippen molar-refractivity contribution in [1.82, 2.24) is 0 Å². The Labute approximate surface area is 600 Å². The molecule has 17 nitrogen and oxygen atoms in total. The SMILES string of the molecule is CCCCCCCCCCCCCCCCCCCCCCCC(=O)O[C@H](COC(=O)CCCCCCCCCCCCC(C)C)COP(=O)(O)OC[C@@H](O)COP(=O)(O)OC[C@@H](COC(=O)CCCCCCCCCCCCCC)OC(=O)CCCCCCCCCCCCCC. The highest BCUT2D eigenvalue weighted by Gasteiger charge is 2.30. The summed E-state index contributed by atoms with van der Waals surface area (Å²) >= 11 is 0. The van der Waals surface area contributed by atoms with Gasteiger partial charge in [0.25, 0.3) is 0 Å². The highest BCUT2D eigenvalue weighted by atomic mass is 31.2. The van der Waals surface area contributed by atoms with Crippen LogP contribution in [0.4, 0.5) is 0 Å². The van der Waals surface area contributed by atoms with Gasteiger partial charge in [-0.05, 0) is 31.6 Å². The summed E-state index contributed by atoms with van der Waals surface area (Å²) in [6, 6.07) is 0. The second-order valence-corrected chi connectivity index (χ2v) is 31.8. The standard InChI is InChI=1S/C79H154O17P2/c1-6-9-12-15-18-21-24-27-28-29-30-31-32-33-34-35-38-45-50-55-60-65-79(84)96-75(69-90-77(82)63-58-53-48-43-40-39-41-46-51-56-61-72(4)5)71-94-98(87,88)92-67-73(80)66-91-97(85,86)93-70-74(95-78(83)64-59-54-49-44-37-26-23-20-17-14-11-8-3)68-89-76(81)62-57-52-47-42-36-25-22-19-16-13-10-7-2/h72-75,80H,6-71H2,1-5H3,(H,85,86)(H,87,88)/t73-,74+,75+/m0/s1. The zero-order valence-corrected chi connectivity index (χ0v) is 65.7. The van der Waals surface area contributed by atoms with Gasteiger partial charge in [-0.25, -0.2) is 9.13 Å². The van der Waals surface area contributed by atoms with Gasteiger partial charge >= 0.3 is 39.5 Å². The first-order chi connectivity index (χ1) is 47.5. The van der Waals surface area contributed by atoms with E-state index in [-0.39, 0.29) is 25.7 Å². The first kappa shape index (κ1) is 96.1. The highest BCUT2D eigenvalue weighted by Crippen LogP contribution is 2.45. The normalized spacial score (nSPS) is 13.9. The number of ether oxygens (including phenoxy) is 4. The number of phosphoric ester groups is 2. The molecular formula is C79H154O17P2. The number of rotatable bonds is 79. The third-order valence-corrected chi connectivity index (χ3v) is 20.4. The van der Waals surface area contributed by atoms with E-state index in [9.17, 15) is 43.2 Å². The summed E-state index contributed by atoms with van der Waals surface area (Å²) < 4.78 is 68.6. The number of aliphatic hydroxyl groups excluding tert-OH is 1. The molecule has 3 N–H and O–H groups in total. The number of aliphatic hydroxyl groups is 1. The predicted octanol–water partition coefficient (Wildman–Crippen LogP) is 23.6. The van der Waals surface area contributed by atoms with Crippen LogP contribution in [0.5, 0.6) is 0 Å². The van der Waals surface area contributed by atoms with Gasteiger partial charge in [0.1, 0.15) is 19.3 Å². The molecule has 0 aromatic rings. The van der Waals surface area contributed by atoms with E-state index in [1.165, 1.54) is 244 Å². The molecule has 0 rings (SSSR count). The molecule has 0 aliphatic carbocycles. The smallest absolute Gasteiger partial charge is 0.462 e. The van der Waals surface area contributed by atoms with Crippen LogP contribution in [0.25, 0.3) is 0 Å². The van der Waals surface area contributed by atoms with Crippen molar-refractivity contribution in [2.45, 2.75) is 438 Å². The minimum Gasteiger partial charge on any atom is -0.462 e. The maximum absolute atomic E-state index is 13.1. The molecule has 0 aromatic carbocycles. The summed E-state index contributed by atoms with van der Waals surface area (Å²) in [5.74, 6) is -1.35. The number of esters is 4. The second-order valence-electron chi connectivity index (χ2n) is 28.9. The van der Waals surface area contributed by atoms with Crippen molar-refractivity contribution < 1.29 is 80.2 Å². The Balaban J connectivity index is 5.21. The summed E-state index contributed by atoms with van der Waals surface area (Å²) in [5, 5.41) is 10.6. The van der Waals surface area contributed by atoms with Crippen molar-refractivity contribution in [2.24, 2.45) is 5.92 Å². The lowest BCUT2D eigenvalue weighted by atomic mass is 10.0. The fourth-order valence-electron chi connectivity index (χ4n) is 12.2. The van der Waals surface area contributed by atoms with Gasteiger partial charge in [0.05, 0.1) is 26.4 Å². The van der Waals surface area contributed by atoms with Crippen molar-refractivity contribution in [2.75, 3.05) is 39.6 Å². The first-order valence-electron chi connectivity index (χ1n) is 41.1. The molecule has 0 saturated carbocycles. The molecule has 0 radical (unpaired) electrons. The number of phosphoric acid groups is 2. The molecule has 0 saturated heterocycles. The molecule has 0 aliphatic heterocycles. The third-order valence-electron chi connectivity index (χ3n) is 18.5. The largest absolute Gasteiger partial charge is 0.472 e.